The molecule has 0 radical (unpaired) electrons. The molecule has 0 saturated carbocycles. The second-order valence-electron chi connectivity index (χ2n) is 8.88. The highest BCUT2D eigenvalue weighted by Crippen LogP contribution is 2.43. The fraction of sp³-hybridized carbons (Fsp3) is 0.458. The molecule has 1 N–H and O–H groups in total. The Bertz CT molecular complexity index is 860. The van der Waals surface area contributed by atoms with Crippen LogP contribution in [-0.4, -0.2) is 37.5 Å². The van der Waals surface area contributed by atoms with E-state index in [0.29, 0.717) is 12.5 Å². The summed E-state index contributed by atoms with van der Waals surface area (Å²) < 4.78 is 5.42. The zero-order valence-electron chi connectivity index (χ0n) is 17.3. The van der Waals surface area contributed by atoms with Crippen molar-refractivity contribution in [2.45, 2.75) is 38.6 Å². The molecule has 2 aromatic rings. The second-order valence-corrected chi connectivity index (χ2v) is 8.88. The van der Waals surface area contributed by atoms with Gasteiger partial charge in [-0.2, -0.15) is 0 Å². The second kappa shape index (κ2) is 8.07. The van der Waals surface area contributed by atoms with Gasteiger partial charge in [-0.1, -0.05) is 44.2 Å². The minimum atomic E-state index is -0.881. The number of hydrogen-bond acceptors (Lipinski definition) is 3. The van der Waals surface area contributed by atoms with Crippen LogP contribution in [-0.2, 0) is 16.7 Å². The Morgan fingerprint density at radius 2 is 1.90 bits per heavy atom. The molecule has 2 aliphatic rings. The molecule has 2 aromatic carbocycles. The van der Waals surface area contributed by atoms with E-state index >= 15 is 0 Å². The molecule has 154 valence electrons. The van der Waals surface area contributed by atoms with Crippen molar-refractivity contribution in [3.8, 4) is 0 Å². The van der Waals surface area contributed by atoms with E-state index in [1.807, 2.05) is 12.1 Å². The Kier molecular flexibility index (Phi) is 5.50. The van der Waals surface area contributed by atoms with Crippen LogP contribution >= 0.6 is 0 Å². The highest BCUT2D eigenvalue weighted by atomic mass is 16.5. The van der Waals surface area contributed by atoms with Crippen molar-refractivity contribution < 1.29 is 14.6 Å². The largest absolute Gasteiger partial charge is 0.465 e. The Labute approximate surface area is 172 Å². The Balaban J connectivity index is 1.59. The van der Waals surface area contributed by atoms with Gasteiger partial charge < -0.3 is 14.7 Å². The summed E-state index contributed by atoms with van der Waals surface area (Å²) in [6.07, 6.45) is 0.962. The Morgan fingerprint density at radius 3 is 2.59 bits per heavy atom. The van der Waals surface area contributed by atoms with Crippen LogP contribution in [0.2, 0.25) is 0 Å². The van der Waals surface area contributed by atoms with Crippen molar-refractivity contribution in [2.75, 3.05) is 36.1 Å². The van der Waals surface area contributed by atoms with Gasteiger partial charge in [-0.25, -0.2) is 4.79 Å². The monoisotopic (exact) mass is 394 g/mol. The molecule has 2 aliphatic heterocycles. The lowest BCUT2D eigenvalue weighted by atomic mass is 9.86. The van der Waals surface area contributed by atoms with Gasteiger partial charge in [-0.05, 0) is 48.1 Å². The molecule has 5 heteroatoms. The maximum Gasteiger partial charge on any atom is 0.411 e. The fourth-order valence-corrected chi connectivity index (χ4v) is 4.58. The highest BCUT2D eigenvalue weighted by Gasteiger charge is 2.36. The minimum Gasteiger partial charge on any atom is -0.465 e. The van der Waals surface area contributed by atoms with E-state index in [4.69, 9.17) is 4.74 Å². The Morgan fingerprint density at radius 1 is 1.17 bits per heavy atom. The van der Waals surface area contributed by atoms with Crippen molar-refractivity contribution >= 4 is 17.5 Å². The van der Waals surface area contributed by atoms with Crippen LogP contribution in [0.15, 0.2) is 48.5 Å². The van der Waals surface area contributed by atoms with Crippen LogP contribution in [0.4, 0.5) is 16.2 Å². The summed E-state index contributed by atoms with van der Waals surface area (Å²) in [7, 11) is 0. The van der Waals surface area contributed by atoms with E-state index < -0.39 is 6.09 Å². The SMILES string of the molecule is CC1(C)CN(Cc2ccccc2)c2ccc(N(CC3CCOCC3)C(=O)O)cc21. The van der Waals surface area contributed by atoms with Crippen LogP contribution in [0.1, 0.15) is 37.8 Å². The van der Waals surface area contributed by atoms with Gasteiger partial charge in [0, 0.05) is 49.6 Å². The number of carbonyl (C=O) groups is 1. The highest BCUT2D eigenvalue weighted by molar-refractivity contribution is 5.87. The van der Waals surface area contributed by atoms with Gasteiger partial charge in [0.15, 0.2) is 0 Å². The fourth-order valence-electron chi connectivity index (χ4n) is 4.58. The minimum absolute atomic E-state index is 0.0248. The number of carboxylic acid groups (broad SMARTS) is 1. The summed E-state index contributed by atoms with van der Waals surface area (Å²) in [6, 6.07) is 16.6. The van der Waals surface area contributed by atoms with Gasteiger partial charge in [-0.3, -0.25) is 4.90 Å². The van der Waals surface area contributed by atoms with Gasteiger partial charge in [0.25, 0.3) is 0 Å². The van der Waals surface area contributed by atoms with Crippen LogP contribution < -0.4 is 9.80 Å². The average molecular weight is 395 g/mol. The third-order valence-corrected chi connectivity index (χ3v) is 6.18. The molecule has 29 heavy (non-hydrogen) atoms. The van der Waals surface area contributed by atoms with Gasteiger partial charge in [0.1, 0.15) is 0 Å². The number of rotatable bonds is 5. The maximum atomic E-state index is 12.0. The number of fused-ring (bicyclic) bond motifs is 1. The maximum absolute atomic E-state index is 12.0. The zero-order valence-corrected chi connectivity index (χ0v) is 17.3. The van der Waals surface area contributed by atoms with Crippen molar-refractivity contribution in [3.05, 3.63) is 59.7 Å². The first-order valence-electron chi connectivity index (χ1n) is 10.5. The molecule has 1 saturated heterocycles. The van der Waals surface area contributed by atoms with Gasteiger partial charge >= 0.3 is 6.09 Å². The molecular formula is C24H30N2O3. The summed E-state index contributed by atoms with van der Waals surface area (Å²) in [6.45, 7) is 8.25. The molecule has 5 nitrogen and oxygen atoms in total. The molecule has 0 atom stereocenters. The number of benzene rings is 2. The van der Waals surface area contributed by atoms with E-state index in [2.05, 4.69) is 55.1 Å². The Hall–Kier alpha value is -2.53. The van der Waals surface area contributed by atoms with Crippen LogP contribution in [0.5, 0.6) is 0 Å². The molecule has 1 amide bonds. The lowest BCUT2D eigenvalue weighted by Crippen LogP contribution is -2.36. The topological polar surface area (TPSA) is 53.0 Å². The summed E-state index contributed by atoms with van der Waals surface area (Å²) in [5.41, 5.74) is 4.47. The number of amides is 1. The first-order valence-corrected chi connectivity index (χ1v) is 10.5. The van der Waals surface area contributed by atoms with Crippen molar-refractivity contribution in [1.29, 1.82) is 0 Å². The molecule has 0 aromatic heterocycles. The lowest BCUT2D eigenvalue weighted by Gasteiger charge is -2.29. The normalized spacial score (nSPS) is 18.5. The number of anilines is 2. The first kappa shape index (κ1) is 19.8. The lowest BCUT2D eigenvalue weighted by molar-refractivity contribution is 0.0680. The van der Waals surface area contributed by atoms with E-state index in [0.717, 1.165) is 44.8 Å². The molecule has 2 heterocycles. The third kappa shape index (κ3) is 4.25. The summed E-state index contributed by atoms with van der Waals surface area (Å²) in [5.74, 6) is 0.357. The van der Waals surface area contributed by atoms with E-state index in [1.165, 1.54) is 21.7 Å². The van der Waals surface area contributed by atoms with Crippen LogP contribution in [0, 0.1) is 5.92 Å². The van der Waals surface area contributed by atoms with E-state index in [-0.39, 0.29) is 5.41 Å². The number of hydrogen-bond donors (Lipinski definition) is 1. The van der Waals surface area contributed by atoms with Gasteiger partial charge in [0.05, 0.1) is 0 Å². The van der Waals surface area contributed by atoms with Crippen LogP contribution in [0.3, 0.4) is 0 Å². The summed E-state index contributed by atoms with van der Waals surface area (Å²) in [5, 5.41) is 9.87. The van der Waals surface area contributed by atoms with Crippen LogP contribution in [0.25, 0.3) is 0 Å². The van der Waals surface area contributed by atoms with Crippen molar-refractivity contribution in [3.63, 3.8) is 0 Å². The third-order valence-electron chi connectivity index (χ3n) is 6.18. The molecule has 0 spiro atoms. The van der Waals surface area contributed by atoms with E-state index in [1.54, 1.807) is 0 Å². The molecule has 1 fully saturated rings. The summed E-state index contributed by atoms with van der Waals surface area (Å²) in [4.78, 5) is 15.9. The van der Waals surface area contributed by atoms with Gasteiger partial charge in [-0.15, -0.1) is 0 Å². The molecule has 4 rings (SSSR count). The molecular weight excluding hydrogens is 364 g/mol. The quantitative estimate of drug-likeness (QED) is 0.784. The standard InChI is InChI=1S/C24H30N2O3/c1-24(2)17-25(15-18-6-4-3-5-7-18)22-9-8-20(14-21(22)24)26(23(27)28)16-19-10-12-29-13-11-19/h3-9,14,19H,10-13,15-17H2,1-2H3,(H,27,28). The summed E-state index contributed by atoms with van der Waals surface area (Å²) >= 11 is 0. The smallest absolute Gasteiger partial charge is 0.411 e. The van der Waals surface area contributed by atoms with Crippen molar-refractivity contribution in [1.82, 2.24) is 0 Å². The predicted octanol–water partition coefficient (Wildman–Crippen LogP) is 4.90. The number of nitrogens with zero attached hydrogens (tertiary/aromatic N) is 2. The average Bonchev–Trinajstić information content (AvgIpc) is 2.97. The van der Waals surface area contributed by atoms with E-state index in [9.17, 15) is 9.90 Å². The predicted molar refractivity (Wildman–Crippen MR) is 116 cm³/mol. The van der Waals surface area contributed by atoms with Crippen molar-refractivity contribution in [2.24, 2.45) is 5.92 Å². The van der Waals surface area contributed by atoms with Gasteiger partial charge in [0.2, 0.25) is 0 Å². The zero-order chi connectivity index (χ0) is 20.4. The molecule has 0 aliphatic carbocycles. The molecule has 0 unspecified atom stereocenters. The first-order chi connectivity index (χ1) is 13.9. The molecule has 0 bridgehead atoms. The number of ether oxygens (including phenoxy) is 1.